The number of aromatic nitrogens is 1. The molecule has 0 aliphatic rings. The number of rotatable bonds is 10. The van der Waals surface area contributed by atoms with Crippen LogP contribution in [0.1, 0.15) is 17.9 Å². The summed E-state index contributed by atoms with van der Waals surface area (Å²) in [5.74, 6) is 1.74. The molecule has 30 heavy (non-hydrogen) atoms. The first-order valence-electron chi connectivity index (χ1n) is 9.49. The normalized spacial score (nSPS) is 11.2. The van der Waals surface area contributed by atoms with Gasteiger partial charge in [-0.3, -0.25) is 4.99 Å². The first-order chi connectivity index (χ1) is 14.2. The molecule has 3 aromatic rings. The lowest BCUT2D eigenvalue weighted by molar-refractivity contribution is 0.105. The predicted molar refractivity (Wildman–Crippen MR) is 123 cm³/mol. The van der Waals surface area contributed by atoms with E-state index in [1.165, 1.54) is 12.1 Å². The average Bonchev–Trinajstić information content (AvgIpc) is 3.42. The fourth-order valence-electron chi connectivity index (χ4n) is 2.62. The number of ether oxygens (including phenoxy) is 1. The van der Waals surface area contributed by atoms with Gasteiger partial charge in [-0.2, -0.15) is 0 Å². The number of oxazole rings is 1. The topological polar surface area (TPSA) is 84.8 Å². The molecule has 1 aromatic carbocycles. The van der Waals surface area contributed by atoms with E-state index in [1.807, 2.05) is 12.1 Å². The Morgan fingerprint density at radius 3 is 2.67 bits per heavy atom. The Morgan fingerprint density at radius 1 is 1.13 bits per heavy atom. The number of nitrogens with one attached hydrogen (secondary N) is 2. The van der Waals surface area contributed by atoms with Crippen LogP contribution in [0, 0.1) is 5.82 Å². The van der Waals surface area contributed by atoms with Crippen LogP contribution in [0.15, 0.2) is 62.8 Å². The fraction of sp³-hybridized carbons (Fsp3) is 0.333. The number of hydrogen-bond donors (Lipinski definition) is 2. The summed E-state index contributed by atoms with van der Waals surface area (Å²) in [6, 6.07) is 9.80. The molecule has 0 spiro atoms. The molecule has 3 rings (SSSR count). The molecule has 0 fully saturated rings. The quantitative estimate of drug-likeness (QED) is 0.179. The van der Waals surface area contributed by atoms with Crippen molar-refractivity contribution < 1.29 is 18.0 Å². The Morgan fingerprint density at radius 2 is 1.93 bits per heavy atom. The Kier molecular flexibility index (Phi) is 10.4. The van der Waals surface area contributed by atoms with Crippen molar-refractivity contribution in [1.82, 2.24) is 15.6 Å². The van der Waals surface area contributed by atoms with E-state index in [4.69, 9.17) is 13.6 Å². The van der Waals surface area contributed by atoms with Gasteiger partial charge in [0.15, 0.2) is 5.96 Å². The van der Waals surface area contributed by atoms with E-state index in [0.717, 1.165) is 35.9 Å². The van der Waals surface area contributed by atoms with Gasteiger partial charge in [0.1, 0.15) is 24.4 Å². The summed E-state index contributed by atoms with van der Waals surface area (Å²) in [6.07, 6.45) is 4.79. The first kappa shape index (κ1) is 23.9. The molecule has 0 saturated carbocycles. The third kappa shape index (κ3) is 7.79. The van der Waals surface area contributed by atoms with E-state index < -0.39 is 0 Å². The van der Waals surface area contributed by atoms with Gasteiger partial charge >= 0.3 is 0 Å². The van der Waals surface area contributed by atoms with Crippen molar-refractivity contribution in [2.24, 2.45) is 4.99 Å². The maximum Gasteiger partial charge on any atom is 0.226 e. The highest BCUT2D eigenvalue weighted by molar-refractivity contribution is 14.0. The summed E-state index contributed by atoms with van der Waals surface area (Å²) >= 11 is 0. The van der Waals surface area contributed by atoms with Gasteiger partial charge in [0.25, 0.3) is 0 Å². The first-order valence-corrected chi connectivity index (χ1v) is 9.49. The van der Waals surface area contributed by atoms with Crippen molar-refractivity contribution in [2.45, 2.75) is 19.4 Å². The second kappa shape index (κ2) is 13.0. The third-order valence-corrected chi connectivity index (χ3v) is 4.12. The molecule has 2 N–H and O–H groups in total. The minimum atomic E-state index is -0.285. The van der Waals surface area contributed by atoms with Gasteiger partial charge in [-0.25, -0.2) is 9.37 Å². The predicted octanol–water partition coefficient (Wildman–Crippen LogP) is 4.01. The molecule has 7 nitrogen and oxygen atoms in total. The van der Waals surface area contributed by atoms with E-state index >= 15 is 0 Å². The van der Waals surface area contributed by atoms with Crippen LogP contribution in [-0.2, 0) is 17.8 Å². The zero-order valence-corrected chi connectivity index (χ0v) is 19.1. The molecular weight excluding hydrogens is 502 g/mol. The molecule has 9 heteroatoms. The third-order valence-electron chi connectivity index (χ3n) is 4.12. The van der Waals surface area contributed by atoms with Crippen molar-refractivity contribution in [2.75, 3.05) is 26.7 Å². The smallest absolute Gasteiger partial charge is 0.226 e. The largest absolute Gasteiger partial charge is 0.467 e. The summed E-state index contributed by atoms with van der Waals surface area (Å²) in [7, 11) is 1.73. The highest BCUT2D eigenvalue weighted by Gasteiger charge is 2.07. The van der Waals surface area contributed by atoms with Gasteiger partial charge in [-0.1, -0.05) is 0 Å². The van der Waals surface area contributed by atoms with E-state index in [-0.39, 0.29) is 29.8 Å². The number of hydrogen-bond acceptors (Lipinski definition) is 5. The lowest BCUT2D eigenvalue weighted by atomic mass is 10.2. The van der Waals surface area contributed by atoms with Crippen LogP contribution in [0.5, 0.6) is 0 Å². The minimum Gasteiger partial charge on any atom is -0.467 e. The number of guanidine groups is 1. The van der Waals surface area contributed by atoms with Crippen LogP contribution in [0.4, 0.5) is 4.39 Å². The number of furan rings is 1. The van der Waals surface area contributed by atoms with Crippen LogP contribution in [0.2, 0.25) is 0 Å². The van der Waals surface area contributed by atoms with Gasteiger partial charge in [-0.15, -0.1) is 24.0 Å². The lowest BCUT2D eigenvalue weighted by Crippen LogP contribution is -2.39. The van der Waals surface area contributed by atoms with E-state index in [0.29, 0.717) is 32.1 Å². The summed E-state index contributed by atoms with van der Waals surface area (Å²) in [5, 5.41) is 6.48. The summed E-state index contributed by atoms with van der Waals surface area (Å²) in [6.45, 7) is 2.52. The van der Waals surface area contributed by atoms with Gasteiger partial charge in [0.05, 0.1) is 12.0 Å². The molecule has 0 aliphatic carbocycles. The molecule has 0 radical (unpaired) electrons. The Balaban J connectivity index is 0.00000320. The maximum atomic E-state index is 13.0. The number of aliphatic imine (C=N–C) groups is 1. The zero-order chi connectivity index (χ0) is 20.3. The lowest BCUT2D eigenvalue weighted by Gasteiger charge is -2.11. The van der Waals surface area contributed by atoms with Crippen LogP contribution in [-0.4, -0.2) is 37.7 Å². The highest BCUT2D eigenvalue weighted by Crippen LogP contribution is 2.18. The van der Waals surface area contributed by atoms with Crippen molar-refractivity contribution >= 4 is 29.9 Å². The van der Waals surface area contributed by atoms with Gasteiger partial charge in [0.2, 0.25) is 5.89 Å². The maximum absolute atomic E-state index is 13.0. The molecule has 0 amide bonds. The summed E-state index contributed by atoms with van der Waals surface area (Å²) in [4.78, 5) is 8.63. The average molecular weight is 528 g/mol. The second-order valence-electron chi connectivity index (χ2n) is 6.31. The van der Waals surface area contributed by atoms with Gasteiger partial charge in [-0.05, 0) is 42.8 Å². The van der Waals surface area contributed by atoms with Gasteiger partial charge < -0.3 is 24.2 Å². The van der Waals surface area contributed by atoms with Crippen LogP contribution >= 0.6 is 24.0 Å². The zero-order valence-electron chi connectivity index (χ0n) is 16.8. The van der Waals surface area contributed by atoms with Crippen molar-refractivity contribution in [1.29, 1.82) is 0 Å². The fourth-order valence-corrected chi connectivity index (χ4v) is 2.62. The number of halogens is 2. The van der Waals surface area contributed by atoms with E-state index in [9.17, 15) is 4.39 Å². The van der Waals surface area contributed by atoms with Crippen molar-refractivity contribution in [3.8, 4) is 11.5 Å². The molecule has 0 atom stereocenters. The molecule has 162 valence electrons. The van der Waals surface area contributed by atoms with Crippen LogP contribution in [0.25, 0.3) is 11.5 Å². The Bertz CT molecular complexity index is 882. The monoisotopic (exact) mass is 528 g/mol. The Labute approximate surface area is 192 Å². The molecule has 0 bridgehead atoms. The van der Waals surface area contributed by atoms with Gasteiger partial charge in [0, 0.05) is 38.7 Å². The number of benzene rings is 1. The standard InChI is InChI=1S/C21H25FN4O3.HI/c1-23-21(24-10-3-12-27-15-19-4-2-13-28-19)25-11-9-18-14-29-20(26-18)16-5-7-17(22)8-6-16;/h2,4-8,13-14H,3,9-12,15H2,1H3,(H2,23,24,25);1H. The van der Waals surface area contributed by atoms with E-state index in [1.54, 1.807) is 31.7 Å². The number of nitrogens with zero attached hydrogens (tertiary/aromatic N) is 2. The molecule has 2 aromatic heterocycles. The molecule has 2 heterocycles. The Hall–Kier alpha value is -2.40. The van der Waals surface area contributed by atoms with Crippen molar-refractivity contribution in [3.05, 3.63) is 66.2 Å². The molecule has 0 saturated heterocycles. The van der Waals surface area contributed by atoms with Crippen LogP contribution in [0.3, 0.4) is 0 Å². The molecule has 0 aliphatic heterocycles. The van der Waals surface area contributed by atoms with Crippen LogP contribution < -0.4 is 10.6 Å². The second-order valence-corrected chi connectivity index (χ2v) is 6.31. The van der Waals surface area contributed by atoms with Crippen molar-refractivity contribution in [3.63, 3.8) is 0 Å². The molecule has 0 unspecified atom stereocenters. The SMILES string of the molecule is CN=C(NCCCOCc1ccco1)NCCc1coc(-c2ccc(F)cc2)n1.I. The van der Waals surface area contributed by atoms with E-state index in [2.05, 4.69) is 20.6 Å². The summed E-state index contributed by atoms with van der Waals surface area (Å²) in [5.41, 5.74) is 1.57. The minimum absolute atomic E-state index is 0. The highest BCUT2D eigenvalue weighted by atomic mass is 127. The molecular formula is C21H26FIN4O3. The summed E-state index contributed by atoms with van der Waals surface area (Å²) < 4.78 is 29.2.